The average Bonchev–Trinajstić information content (AvgIpc) is 3.30. The van der Waals surface area contributed by atoms with Crippen LogP contribution in [0.4, 0.5) is 0 Å². The number of fused-ring (bicyclic) bond motifs is 3. The second kappa shape index (κ2) is 7.02. The maximum atomic E-state index is 12.8. The van der Waals surface area contributed by atoms with Gasteiger partial charge in [0.05, 0.1) is 5.69 Å². The zero-order valence-corrected chi connectivity index (χ0v) is 17.4. The van der Waals surface area contributed by atoms with E-state index in [4.69, 9.17) is 4.74 Å². The van der Waals surface area contributed by atoms with Gasteiger partial charge in [0.25, 0.3) is 5.56 Å². The Morgan fingerprint density at radius 2 is 1.65 bits per heavy atom. The Kier molecular flexibility index (Phi) is 4.28. The van der Waals surface area contributed by atoms with Crippen LogP contribution in [0.3, 0.4) is 0 Å². The van der Waals surface area contributed by atoms with Gasteiger partial charge in [-0.05, 0) is 24.6 Å². The molecule has 0 amide bonds. The Morgan fingerprint density at radius 1 is 0.935 bits per heavy atom. The van der Waals surface area contributed by atoms with E-state index in [-0.39, 0.29) is 5.56 Å². The molecule has 0 aliphatic rings. The second-order valence-corrected chi connectivity index (χ2v) is 7.51. The fourth-order valence-electron chi connectivity index (χ4n) is 3.88. The molecule has 0 atom stereocenters. The van der Waals surface area contributed by atoms with Gasteiger partial charge in [-0.1, -0.05) is 42.5 Å². The minimum Gasteiger partial charge on any atom is -0.487 e. The van der Waals surface area contributed by atoms with Crippen molar-refractivity contribution in [2.75, 3.05) is 0 Å². The summed E-state index contributed by atoms with van der Waals surface area (Å²) >= 11 is 0. The second-order valence-electron chi connectivity index (χ2n) is 7.51. The van der Waals surface area contributed by atoms with Crippen LogP contribution in [0, 0.1) is 6.92 Å². The average molecular weight is 415 g/mol. The molecule has 31 heavy (non-hydrogen) atoms. The molecule has 0 bridgehead atoms. The van der Waals surface area contributed by atoms with E-state index in [1.54, 1.807) is 11.4 Å². The van der Waals surface area contributed by atoms with Gasteiger partial charge in [0, 0.05) is 26.0 Å². The number of imidazole rings is 2. The number of rotatable bonds is 4. The van der Waals surface area contributed by atoms with Crippen LogP contribution in [0.5, 0.6) is 5.75 Å². The van der Waals surface area contributed by atoms with E-state index in [1.165, 1.54) is 11.6 Å². The molecule has 0 aliphatic carbocycles. The number of nitrogens with zero attached hydrogens (tertiary/aromatic N) is 5. The SMILES string of the molecule is Cc1cn2c3c(=O)n(C)c(=O)n(C)c3nc2n1-c1ccccc1OCc1ccccc1. The van der Waals surface area contributed by atoms with E-state index in [2.05, 4.69) is 4.98 Å². The van der Waals surface area contributed by atoms with Crippen molar-refractivity contribution in [3.8, 4) is 11.4 Å². The van der Waals surface area contributed by atoms with Crippen molar-refractivity contribution in [1.29, 1.82) is 0 Å². The van der Waals surface area contributed by atoms with Crippen molar-refractivity contribution >= 4 is 16.9 Å². The van der Waals surface area contributed by atoms with Crippen molar-refractivity contribution in [2.24, 2.45) is 14.1 Å². The molecule has 0 fully saturated rings. The highest BCUT2D eigenvalue weighted by Gasteiger charge is 2.21. The number of hydrogen-bond donors (Lipinski definition) is 0. The van der Waals surface area contributed by atoms with Crippen LogP contribution < -0.4 is 16.0 Å². The first kappa shape index (κ1) is 18.9. The van der Waals surface area contributed by atoms with Gasteiger partial charge in [-0.25, -0.2) is 4.79 Å². The van der Waals surface area contributed by atoms with E-state index in [9.17, 15) is 9.59 Å². The quantitative estimate of drug-likeness (QED) is 0.452. The van der Waals surface area contributed by atoms with Crippen molar-refractivity contribution in [3.05, 3.63) is 92.9 Å². The first-order valence-electron chi connectivity index (χ1n) is 9.89. The Morgan fingerprint density at radius 3 is 2.42 bits per heavy atom. The third-order valence-corrected chi connectivity index (χ3v) is 5.48. The summed E-state index contributed by atoms with van der Waals surface area (Å²) in [6, 6.07) is 17.7. The molecule has 5 rings (SSSR count). The maximum Gasteiger partial charge on any atom is 0.332 e. The zero-order chi connectivity index (χ0) is 21.7. The Hall–Kier alpha value is -4.07. The molecule has 0 aliphatic heterocycles. The topological polar surface area (TPSA) is 75.5 Å². The predicted octanol–water partition coefficient (Wildman–Crippen LogP) is 2.56. The standard InChI is InChI=1S/C23H21N5O3/c1-15-13-27-19-20(25(2)23(30)26(3)21(19)29)24-22(27)28(15)17-11-7-8-12-18(17)31-14-16-9-5-4-6-10-16/h4-13H,14H2,1-3H3. The molecule has 0 radical (unpaired) electrons. The number of hydrogen-bond acceptors (Lipinski definition) is 4. The number of para-hydroxylation sites is 2. The van der Waals surface area contributed by atoms with Crippen LogP contribution in [0.15, 0.2) is 70.4 Å². The van der Waals surface area contributed by atoms with Crippen LogP contribution >= 0.6 is 0 Å². The molecule has 8 nitrogen and oxygen atoms in total. The third kappa shape index (κ3) is 2.87. The minimum absolute atomic E-state index is 0.347. The van der Waals surface area contributed by atoms with Crippen molar-refractivity contribution in [3.63, 3.8) is 0 Å². The fourth-order valence-corrected chi connectivity index (χ4v) is 3.88. The lowest BCUT2D eigenvalue weighted by Gasteiger charge is -2.13. The third-order valence-electron chi connectivity index (χ3n) is 5.48. The first-order chi connectivity index (χ1) is 15.0. The van der Waals surface area contributed by atoms with Crippen molar-refractivity contribution in [2.45, 2.75) is 13.5 Å². The largest absolute Gasteiger partial charge is 0.487 e. The molecule has 0 spiro atoms. The van der Waals surface area contributed by atoms with E-state index < -0.39 is 5.69 Å². The lowest BCUT2D eigenvalue weighted by atomic mass is 10.2. The Labute approximate surface area is 177 Å². The summed E-state index contributed by atoms with van der Waals surface area (Å²) in [4.78, 5) is 29.8. The van der Waals surface area contributed by atoms with Crippen LogP contribution in [-0.2, 0) is 20.7 Å². The lowest BCUT2D eigenvalue weighted by Crippen LogP contribution is -2.37. The molecular formula is C23H21N5O3. The van der Waals surface area contributed by atoms with Gasteiger partial charge in [-0.15, -0.1) is 0 Å². The summed E-state index contributed by atoms with van der Waals surface area (Å²) in [5.74, 6) is 1.24. The highest BCUT2D eigenvalue weighted by Crippen LogP contribution is 2.28. The van der Waals surface area contributed by atoms with E-state index in [1.807, 2.05) is 72.3 Å². The van der Waals surface area contributed by atoms with Crippen LogP contribution in [0.25, 0.3) is 22.6 Å². The normalized spacial score (nSPS) is 11.5. The number of ether oxygens (including phenoxy) is 1. The number of aryl methyl sites for hydroxylation is 2. The number of benzene rings is 2. The van der Waals surface area contributed by atoms with Gasteiger partial charge in [0.1, 0.15) is 12.4 Å². The maximum absolute atomic E-state index is 12.8. The Bertz CT molecular complexity index is 1550. The summed E-state index contributed by atoms with van der Waals surface area (Å²) in [5.41, 5.74) is 2.68. The molecule has 5 aromatic rings. The Balaban J connectivity index is 1.71. The molecule has 0 N–H and O–H groups in total. The van der Waals surface area contributed by atoms with Crippen molar-refractivity contribution in [1.82, 2.24) is 23.1 Å². The molecule has 0 saturated carbocycles. The van der Waals surface area contributed by atoms with Gasteiger partial charge < -0.3 is 4.74 Å². The summed E-state index contributed by atoms with van der Waals surface area (Å²) in [6.07, 6.45) is 1.85. The van der Waals surface area contributed by atoms with Gasteiger partial charge in [-0.2, -0.15) is 4.98 Å². The van der Waals surface area contributed by atoms with Crippen LogP contribution in [-0.4, -0.2) is 23.1 Å². The van der Waals surface area contributed by atoms with E-state index >= 15 is 0 Å². The van der Waals surface area contributed by atoms with E-state index in [0.29, 0.717) is 29.3 Å². The highest BCUT2D eigenvalue weighted by atomic mass is 16.5. The molecule has 156 valence electrons. The molecule has 8 heteroatoms. The predicted molar refractivity (Wildman–Crippen MR) is 118 cm³/mol. The zero-order valence-electron chi connectivity index (χ0n) is 17.4. The number of aromatic nitrogens is 5. The summed E-state index contributed by atoms with van der Waals surface area (Å²) in [5, 5.41) is 0. The highest BCUT2D eigenvalue weighted by molar-refractivity contribution is 5.76. The summed E-state index contributed by atoms with van der Waals surface area (Å²) in [7, 11) is 3.09. The monoisotopic (exact) mass is 415 g/mol. The van der Waals surface area contributed by atoms with E-state index in [0.717, 1.165) is 21.5 Å². The molecule has 3 heterocycles. The minimum atomic E-state index is -0.409. The molecule has 0 saturated heterocycles. The lowest BCUT2D eigenvalue weighted by molar-refractivity contribution is 0.305. The van der Waals surface area contributed by atoms with Crippen LogP contribution in [0.2, 0.25) is 0 Å². The van der Waals surface area contributed by atoms with Gasteiger partial charge in [-0.3, -0.25) is 22.9 Å². The molecule has 2 aromatic carbocycles. The molecule has 3 aromatic heterocycles. The van der Waals surface area contributed by atoms with Gasteiger partial charge in [0.2, 0.25) is 5.78 Å². The smallest absolute Gasteiger partial charge is 0.332 e. The van der Waals surface area contributed by atoms with Gasteiger partial charge >= 0.3 is 5.69 Å². The summed E-state index contributed by atoms with van der Waals surface area (Å²) < 4.78 is 12.3. The fraction of sp³-hybridized carbons (Fsp3) is 0.174. The van der Waals surface area contributed by atoms with Crippen LogP contribution in [0.1, 0.15) is 11.3 Å². The molecular weight excluding hydrogens is 394 g/mol. The first-order valence-corrected chi connectivity index (χ1v) is 9.89. The van der Waals surface area contributed by atoms with Crippen molar-refractivity contribution < 1.29 is 4.74 Å². The summed E-state index contributed by atoms with van der Waals surface area (Å²) in [6.45, 7) is 2.38. The molecule has 0 unspecified atom stereocenters. The van der Waals surface area contributed by atoms with Gasteiger partial charge in [0.15, 0.2) is 11.2 Å².